The van der Waals surface area contributed by atoms with Crippen LogP contribution in [0.15, 0.2) is 54.6 Å². The molecule has 3 rings (SSSR count). The van der Waals surface area contributed by atoms with E-state index in [1.165, 1.54) is 0 Å². The van der Waals surface area contributed by atoms with E-state index in [4.69, 9.17) is 4.74 Å². The van der Waals surface area contributed by atoms with E-state index in [2.05, 4.69) is 10.6 Å². The highest BCUT2D eigenvalue weighted by Gasteiger charge is 2.24. The van der Waals surface area contributed by atoms with Crippen LogP contribution in [0.4, 0.5) is 4.79 Å². The maximum Gasteiger partial charge on any atom is 0.317 e. The summed E-state index contributed by atoms with van der Waals surface area (Å²) in [6.07, 6.45) is 1.65. The van der Waals surface area contributed by atoms with Gasteiger partial charge in [0, 0.05) is 31.2 Å². The first-order valence-electron chi connectivity index (χ1n) is 10.2. The third kappa shape index (κ3) is 6.24. The van der Waals surface area contributed by atoms with Crippen LogP contribution in [-0.2, 0) is 6.54 Å². The Labute approximate surface area is 172 Å². The van der Waals surface area contributed by atoms with Crippen LogP contribution in [0, 0.1) is 0 Å². The minimum absolute atomic E-state index is 0.0570. The van der Waals surface area contributed by atoms with Crippen molar-refractivity contribution in [3.63, 3.8) is 0 Å². The van der Waals surface area contributed by atoms with Gasteiger partial charge in [-0.25, -0.2) is 4.79 Å². The molecular formula is C23H29N3O3. The Balaban J connectivity index is 1.40. The molecule has 2 aromatic carbocycles. The third-order valence-electron chi connectivity index (χ3n) is 4.89. The zero-order chi connectivity index (χ0) is 20.6. The second-order valence-corrected chi connectivity index (χ2v) is 7.57. The number of nitrogens with zero attached hydrogens (tertiary/aromatic N) is 1. The van der Waals surface area contributed by atoms with Crippen LogP contribution in [0.2, 0.25) is 0 Å². The molecule has 0 unspecified atom stereocenters. The standard InChI is InChI=1S/C23H29N3O3/c1-17(2)29-21-10-8-18(9-11-21)16-24-23(28)26-14-12-20(13-15-26)25-22(27)19-6-4-3-5-7-19/h3-11,17,20H,12-16H2,1-2H3,(H,24,28)(H,25,27). The molecule has 1 fully saturated rings. The number of carbonyl (C=O) groups is 2. The number of amides is 3. The number of urea groups is 1. The van der Waals surface area contributed by atoms with E-state index in [0.29, 0.717) is 25.2 Å². The van der Waals surface area contributed by atoms with E-state index in [1.54, 1.807) is 17.0 Å². The molecule has 0 aliphatic carbocycles. The number of nitrogens with one attached hydrogen (secondary N) is 2. The number of benzene rings is 2. The highest BCUT2D eigenvalue weighted by atomic mass is 16.5. The monoisotopic (exact) mass is 395 g/mol. The average molecular weight is 396 g/mol. The van der Waals surface area contributed by atoms with Crippen molar-refractivity contribution in [2.45, 2.75) is 45.4 Å². The van der Waals surface area contributed by atoms with Crippen LogP contribution < -0.4 is 15.4 Å². The lowest BCUT2D eigenvalue weighted by Crippen LogP contribution is -2.49. The van der Waals surface area contributed by atoms with Gasteiger partial charge in [-0.3, -0.25) is 4.79 Å². The van der Waals surface area contributed by atoms with Gasteiger partial charge in [0.15, 0.2) is 0 Å². The van der Waals surface area contributed by atoms with Gasteiger partial charge in [0.1, 0.15) is 5.75 Å². The van der Waals surface area contributed by atoms with E-state index in [1.807, 2.05) is 56.3 Å². The zero-order valence-electron chi connectivity index (χ0n) is 17.1. The quantitative estimate of drug-likeness (QED) is 0.785. The fraction of sp³-hybridized carbons (Fsp3) is 0.391. The van der Waals surface area contributed by atoms with Crippen LogP contribution >= 0.6 is 0 Å². The third-order valence-corrected chi connectivity index (χ3v) is 4.89. The van der Waals surface area contributed by atoms with Crippen molar-refractivity contribution >= 4 is 11.9 Å². The normalized spacial score (nSPS) is 14.5. The molecular weight excluding hydrogens is 366 g/mol. The van der Waals surface area contributed by atoms with Crippen LogP contribution in [0.5, 0.6) is 5.75 Å². The van der Waals surface area contributed by atoms with Crippen molar-refractivity contribution in [3.8, 4) is 5.75 Å². The number of likely N-dealkylation sites (tertiary alicyclic amines) is 1. The first-order chi connectivity index (χ1) is 14.0. The second kappa shape index (κ2) is 9.96. The summed E-state index contributed by atoms with van der Waals surface area (Å²) in [5, 5.41) is 6.03. The zero-order valence-corrected chi connectivity index (χ0v) is 17.1. The number of hydrogen-bond acceptors (Lipinski definition) is 3. The number of carbonyl (C=O) groups excluding carboxylic acids is 2. The van der Waals surface area contributed by atoms with Crippen molar-refractivity contribution in [2.75, 3.05) is 13.1 Å². The van der Waals surface area contributed by atoms with Crippen LogP contribution in [0.1, 0.15) is 42.6 Å². The first kappa shape index (κ1) is 20.7. The van der Waals surface area contributed by atoms with Crippen LogP contribution in [0.3, 0.4) is 0 Å². The smallest absolute Gasteiger partial charge is 0.317 e. The van der Waals surface area contributed by atoms with Gasteiger partial charge < -0.3 is 20.3 Å². The van der Waals surface area contributed by atoms with Gasteiger partial charge in [0.05, 0.1) is 6.10 Å². The summed E-state index contributed by atoms with van der Waals surface area (Å²) in [6.45, 7) is 5.72. The Morgan fingerprint density at radius 2 is 1.69 bits per heavy atom. The predicted octanol–water partition coefficient (Wildman–Crippen LogP) is 3.58. The molecule has 2 aromatic rings. The minimum Gasteiger partial charge on any atom is -0.491 e. The van der Waals surface area contributed by atoms with Crippen molar-refractivity contribution < 1.29 is 14.3 Å². The molecule has 2 N–H and O–H groups in total. The molecule has 0 atom stereocenters. The van der Waals surface area contributed by atoms with Crippen LogP contribution in [-0.4, -0.2) is 42.1 Å². The molecule has 1 saturated heterocycles. The summed E-state index contributed by atoms with van der Waals surface area (Å²) in [7, 11) is 0. The minimum atomic E-state index is -0.0691. The molecule has 1 aliphatic heterocycles. The highest BCUT2D eigenvalue weighted by molar-refractivity contribution is 5.94. The lowest BCUT2D eigenvalue weighted by Gasteiger charge is -2.32. The topological polar surface area (TPSA) is 70.7 Å². The fourth-order valence-corrected chi connectivity index (χ4v) is 3.33. The molecule has 154 valence electrons. The molecule has 3 amide bonds. The van der Waals surface area contributed by atoms with Crippen molar-refractivity contribution in [1.82, 2.24) is 15.5 Å². The highest BCUT2D eigenvalue weighted by Crippen LogP contribution is 2.15. The Bertz CT molecular complexity index is 798. The van der Waals surface area contributed by atoms with Gasteiger partial charge >= 0.3 is 6.03 Å². The lowest BCUT2D eigenvalue weighted by atomic mass is 10.0. The summed E-state index contributed by atoms with van der Waals surface area (Å²) in [5.41, 5.74) is 1.69. The maximum atomic E-state index is 12.4. The lowest BCUT2D eigenvalue weighted by molar-refractivity contribution is 0.0918. The van der Waals surface area contributed by atoms with Gasteiger partial charge in [-0.2, -0.15) is 0 Å². The Morgan fingerprint density at radius 1 is 1.03 bits per heavy atom. The molecule has 0 spiro atoms. The van der Waals surface area contributed by atoms with Gasteiger partial charge in [-0.15, -0.1) is 0 Å². The Morgan fingerprint density at radius 3 is 2.31 bits per heavy atom. The van der Waals surface area contributed by atoms with E-state index < -0.39 is 0 Å². The van der Waals surface area contributed by atoms with Gasteiger partial charge in [-0.05, 0) is 56.5 Å². The largest absolute Gasteiger partial charge is 0.491 e. The number of ether oxygens (including phenoxy) is 1. The molecule has 1 aliphatic rings. The molecule has 0 aromatic heterocycles. The van der Waals surface area contributed by atoms with Gasteiger partial charge in [0.25, 0.3) is 5.91 Å². The van der Waals surface area contributed by atoms with Gasteiger partial charge in [-0.1, -0.05) is 30.3 Å². The maximum absolute atomic E-state index is 12.4. The molecule has 0 saturated carbocycles. The van der Waals surface area contributed by atoms with E-state index in [0.717, 1.165) is 24.2 Å². The van der Waals surface area contributed by atoms with E-state index in [-0.39, 0.29) is 24.1 Å². The second-order valence-electron chi connectivity index (χ2n) is 7.57. The number of rotatable bonds is 6. The van der Waals surface area contributed by atoms with Crippen molar-refractivity contribution in [2.24, 2.45) is 0 Å². The molecule has 0 bridgehead atoms. The molecule has 1 heterocycles. The summed E-state index contributed by atoms with van der Waals surface area (Å²) in [6, 6.07) is 17.0. The Kier molecular flexibility index (Phi) is 7.11. The first-order valence-corrected chi connectivity index (χ1v) is 10.2. The molecule has 6 nitrogen and oxygen atoms in total. The van der Waals surface area contributed by atoms with E-state index >= 15 is 0 Å². The fourth-order valence-electron chi connectivity index (χ4n) is 3.33. The molecule has 6 heteroatoms. The molecule has 0 radical (unpaired) electrons. The van der Waals surface area contributed by atoms with Gasteiger partial charge in [0.2, 0.25) is 0 Å². The summed E-state index contributed by atoms with van der Waals surface area (Å²) in [4.78, 5) is 26.5. The van der Waals surface area contributed by atoms with Crippen molar-refractivity contribution in [1.29, 1.82) is 0 Å². The number of piperidine rings is 1. The number of hydrogen-bond donors (Lipinski definition) is 2. The summed E-state index contributed by atoms with van der Waals surface area (Å²) < 4.78 is 5.63. The van der Waals surface area contributed by atoms with Crippen LogP contribution in [0.25, 0.3) is 0 Å². The van der Waals surface area contributed by atoms with Crippen molar-refractivity contribution in [3.05, 3.63) is 65.7 Å². The van der Waals surface area contributed by atoms with E-state index in [9.17, 15) is 9.59 Å². The summed E-state index contributed by atoms with van der Waals surface area (Å²) >= 11 is 0. The predicted molar refractivity (Wildman–Crippen MR) is 113 cm³/mol. The summed E-state index contributed by atoms with van der Waals surface area (Å²) in [5.74, 6) is 0.771. The molecule has 29 heavy (non-hydrogen) atoms. The SMILES string of the molecule is CC(C)Oc1ccc(CNC(=O)N2CCC(NC(=O)c3ccccc3)CC2)cc1. The Hall–Kier alpha value is -3.02. The average Bonchev–Trinajstić information content (AvgIpc) is 2.74.